The van der Waals surface area contributed by atoms with E-state index in [2.05, 4.69) is 32.7 Å². The van der Waals surface area contributed by atoms with Gasteiger partial charge in [0.1, 0.15) is 12.4 Å². The molecule has 1 aromatic heterocycles. The predicted octanol–water partition coefficient (Wildman–Crippen LogP) is 4.72. The lowest BCUT2D eigenvalue weighted by Gasteiger charge is -2.09. The summed E-state index contributed by atoms with van der Waals surface area (Å²) >= 11 is 1.57. The normalized spacial score (nSPS) is 10.1. The first-order valence-corrected chi connectivity index (χ1v) is 9.71. The lowest BCUT2D eigenvalue weighted by molar-refractivity contribution is 0.262. The maximum atomic E-state index is 12.4. The fraction of sp³-hybridized carbons (Fsp3) is 0.200. The molecule has 0 saturated heterocycles. The van der Waals surface area contributed by atoms with Gasteiger partial charge in [-0.3, -0.25) is 10.4 Å². The van der Waals surface area contributed by atoms with Gasteiger partial charge in [-0.2, -0.15) is 5.10 Å². The first kappa shape index (κ1) is 18.7. The van der Waals surface area contributed by atoms with Gasteiger partial charge in [-0.15, -0.1) is 17.7 Å². The Kier molecular flexibility index (Phi) is 6.23. The van der Waals surface area contributed by atoms with E-state index in [9.17, 15) is 4.79 Å². The zero-order valence-electron chi connectivity index (χ0n) is 15.1. The van der Waals surface area contributed by atoms with Crippen molar-refractivity contribution in [1.82, 2.24) is 10.2 Å². The number of anilines is 2. The Balaban J connectivity index is 1.73. The van der Waals surface area contributed by atoms with Crippen LogP contribution in [0.15, 0.2) is 47.4 Å². The second-order valence-corrected chi connectivity index (χ2v) is 6.40. The van der Waals surface area contributed by atoms with E-state index in [0.29, 0.717) is 18.2 Å². The zero-order chi connectivity index (χ0) is 19.1. The molecule has 0 radical (unpaired) electrons. The molecule has 27 heavy (non-hydrogen) atoms. The van der Waals surface area contributed by atoms with E-state index >= 15 is 0 Å². The number of hydrogen-bond acceptors (Lipinski definition) is 4. The summed E-state index contributed by atoms with van der Waals surface area (Å²) < 4.78 is 5.63. The van der Waals surface area contributed by atoms with E-state index in [1.807, 2.05) is 55.6 Å². The van der Waals surface area contributed by atoms with Crippen molar-refractivity contribution in [1.29, 1.82) is 0 Å². The van der Waals surface area contributed by atoms with Gasteiger partial charge in [0.05, 0.1) is 11.2 Å². The van der Waals surface area contributed by atoms with Gasteiger partial charge in [0.25, 0.3) is 0 Å². The van der Waals surface area contributed by atoms with Gasteiger partial charge in [-0.25, -0.2) is 4.79 Å². The Bertz CT molecular complexity index is 1000. The molecular formula is C20H20N4O2S. The smallest absolute Gasteiger partial charge is 0.324 e. The number of carbonyl (C=O) groups is 1. The highest BCUT2D eigenvalue weighted by Crippen LogP contribution is 2.27. The Morgan fingerprint density at radius 2 is 2.07 bits per heavy atom. The van der Waals surface area contributed by atoms with Crippen molar-refractivity contribution in [3.05, 3.63) is 42.5 Å². The van der Waals surface area contributed by atoms with Gasteiger partial charge in [0.2, 0.25) is 0 Å². The lowest BCUT2D eigenvalue weighted by Crippen LogP contribution is -2.20. The summed E-state index contributed by atoms with van der Waals surface area (Å²) in [6.45, 7) is 2.32. The third-order valence-electron chi connectivity index (χ3n) is 3.73. The molecule has 2 aromatic carbocycles. The number of nitrogens with zero attached hydrogens (tertiary/aromatic N) is 1. The lowest BCUT2D eigenvalue weighted by atomic mass is 10.2. The van der Waals surface area contributed by atoms with Crippen LogP contribution in [0, 0.1) is 11.8 Å². The summed E-state index contributed by atoms with van der Waals surface area (Å²) in [5.74, 6) is 7.00. The quantitative estimate of drug-likeness (QED) is 0.442. The van der Waals surface area contributed by atoms with Gasteiger partial charge in [-0.05, 0) is 36.6 Å². The number of para-hydroxylation sites is 1. The van der Waals surface area contributed by atoms with Crippen LogP contribution in [0.5, 0.6) is 5.75 Å². The van der Waals surface area contributed by atoms with Crippen LogP contribution in [0.3, 0.4) is 0 Å². The number of hydrogen-bond donors (Lipinski definition) is 3. The molecule has 1 heterocycles. The van der Waals surface area contributed by atoms with Gasteiger partial charge >= 0.3 is 6.03 Å². The van der Waals surface area contributed by atoms with E-state index in [1.165, 1.54) is 0 Å². The minimum absolute atomic E-state index is 0.325. The highest BCUT2D eigenvalue weighted by molar-refractivity contribution is 7.98. The molecule has 3 N–H and O–H groups in total. The molecule has 3 aromatic rings. The molecule has 6 nitrogen and oxygen atoms in total. The van der Waals surface area contributed by atoms with Crippen LogP contribution in [0.25, 0.3) is 10.9 Å². The number of rotatable bonds is 5. The van der Waals surface area contributed by atoms with Crippen molar-refractivity contribution in [2.75, 3.05) is 23.5 Å². The van der Waals surface area contributed by atoms with Crippen LogP contribution in [-0.2, 0) is 0 Å². The van der Waals surface area contributed by atoms with Crippen LogP contribution in [0.4, 0.5) is 16.3 Å². The van der Waals surface area contributed by atoms with Crippen LogP contribution in [0.1, 0.15) is 13.3 Å². The van der Waals surface area contributed by atoms with E-state index in [1.54, 1.807) is 11.8 Å². The number of benzene rings is 2. The first-order chi connectivity index (χ1) is 13.2. The van der Waals surface area contributed by atoms with Crippen LogP contribution in [0.2, 0.25) is 0 Å². The topological polar surface area (TPSA) is 79.0 Å². The number of fused-ring (bicyclic) bond motifs is 1. The minimum Gasteiger partial charge on any atom is -0.481 e. The first-order valence-electron chi connectivity index (χ1n) is 8.49. The van der Waals surface area contributed by atoms with E-state index in [-0.39, 0.29) is 6.03 Å². The summed E-state index contributed by atoms with van der Waals surface area (Å²) in [5.41, 5.74) is 1.56. The highest BCUT2D eigenvalue weighted by atomic mass is 32.2. The van der Waals surface area contributed by atoms with Crippen molar-refractivity contribution >= 4 is 40.2 Å². The molecule has 3 rings (SSSR count). The third-order valence-corrected chi connectivity index (χ3v) is 4.53. The SMILES string of the molecule is CCC#CCOc1ccc2[nH]nc(NC(=O)Nc3ccccc3SC)c2c1. The molecule has 0 fully saturated rings. The van der Waals surface area contributed by atoms with Crippen molar-refractivity contribution in [3.63, 3.8) is 0 Å². The van der Waals surface area contributed by atoms with Gasteiger partial charge in [0.15, 0.2) is 5.82 Å². The summed E-state index contributed by atoms with van der Waals surface area (Å²) in [6, 6.07) is 12.8. The predicted molar refractivity (Wildman–Crippen MR) is 111 cm³/mol. The largest absolute Gasteiger partial charge is 0.481 e. The number of thioether (sulfide) groups is 1. The van der Waals surface area contributed by atoms with Crippen LogP contribution >= 0.6 is 11.8 Å². The number of amides is 2. The maximum absolute atomic E-state index is 12.4. The standard InChI is InChI=1S/C20H20N4O2S/c1-3-4-7-12-26-14-10-11-16-15(13-14)19(24-23-16)22-20(25)21-17-8-5-6-9-18(17)27-2/h5-6,8-11,13H,3,12H2,1-2H3,(H3,21,22,23,24,25). The molecule has 0 bridgehead atoms. The maximum Gasteiger partial charge on any atom is 0.324 e. The Hall–Kier alpha value is -3.11. The molecule has 138 valence electrons. The molecule has 0 unspecified atom stereocenters. The summed E-state index contributed by atoms with van der Waals surface area (Å²) in [7, 11) is 0. The fourth-order valence-electron chi connectivity index (χ4n) is 2.48. The monoisotopic (exact) mass is 380 g/mol. The van der Waals surface area contributed by atoms with E-state index in [4.69, 9.17) is 4.74 Å². The number of nitrogens with one attached hydrogen (secondary N) is 3. The second kappa shape index (κ2) is 9.01. The zero-order valence-corrected chi connectivity index (χ0v) is 15.9. The van der Waals surface area contributed by atoms with Crippen molar-refractivity contribution in [2.45, 2.75) is 18.2 Å². The van der Waals surface area contributed by atoms with Gasteiger partial charge < -0.3 is 10.1 Å². The number of H-pyrrole nitrogens is 1. The molecule has 0 atom stereocenters. The van der Waals surface area contributed by atoms with Gasteiger partial charge in [-0.1, -0.05) is 25.0 Å². The molecular weight excluding hydrogens is 360 g/mol. The Morgan fingerprint density at radius 1 is 1.22 bits per heavy atom. The molecule has 7 heteroatoms. The number of ether oxygens (including phenoxy) is 1. The molecule has 0 aliphatic carbocycles. The molecule has 0 spiro atoms. The van der Waals surface area contributed by atoms with Crippen molar-refractivity contribution < 1.29 is 9.53 Å². The summed E-state index contributed by atoms with van der Waals surface area (Å²) in [6.07, 6.45) is 2.76. The van der Waals surface area contributed by atoms with Crippen LogP contribution in [-0.4, -0.2) is 29.1 Å². The molecule has 0 saturated carbocycles. The highest BCUT2D eigenvalue weighted by Gasteiger charge is 2.12. The average Bonchev–Trinajstić information content (AvgIpc) is 3.07. The Labute approximate surface area is 162 Å². The summed E-state index contributed by atoms with van der Waals surface area (Å²) in [4.78, 5) is 13.4. The Morgan fingerprint density at radius 3 is 2.89 bits per heavy atom. The summed E-state index contributed by atoms with van der Waals surface area (Å²) in [5, 5.41) is 13.5. The number of aromatic amines is 1. The van der Waals surface area contributed by atoms with Crippen molar-refractivity contribution in [2.24, 2.45) is 0 Å². The third kappa shape index (κ3) is 4.74. The fourth-order valence-corrected chi connectivity index (χ4v) is 3.04. The second-order valence-electron chi connectivity index (χ2n) is 5.55. The number of aromatic nitrogens is 2. The molecule has 0 aliphatic heterocycles. The van der Waals surface area contributed by atoms with E-state index < -0.39 is 0 Å². The van der Waals surface area contributed by atoms with Gasteiger partial charge in [0, 0.05) is 16.7 Å². The van der Waals surface area contributed by atoms with E-state index in [0.717, 1.165) is 27.9 Å². The van der Waals surface area contributed by atoms with Crippen molar-refractivity contribution in [3.8, 4) is 17.6 Å². The average molecular weight is 380 g/mol. The number of carbonyl (C=O) groups excluding carboxylic acids is 1. The minimum atomic E-state index is -0.356. The van der Waals surface area contributed by atoms with Crippen LogP contribution < -0.4 is 15.4 Å². The number of urea groups is 1. The molecule has 0 aliphatic rings. The molecule has 2 amide bonds.